The Morgan fingerprint density at radius 1 is 1.12 bits per heavy atom. The van der Waals surface area contributed by atoms with Crippen molar-refractivity contribution >= 4 is 63.7 Å². The third-order valence-electron chi connectivity index (χ3n) is 3.08. The van der Waals surface area contributed by atoms with Gasteiger partial charge in [0.15, 0.2) is 0 Å². The molecule has 0 heterocycles. The Morgan fingerprint density at radius 2 is 1.76 bits per heavy atom. The van der Waals surface area contributed by atoms with Crippen LogP contribution in [0.2, 0.25) is 5.02 Å². The van der Waals surface area contributed by atoms with Crippen LogP contribution in [0.5, 0.6) is 0 Å². The molecule has 0 saturated heterocycles. The first-order chi connectivity index (χ1) is 11.7. The van der Waals surface area contributed by atoms with E-state index in [0.29, 0.717) is 10.7 Å². The van der Waals surface area contributed by atoms with Crippen LogP contribution in [0.3, 0.4) is 0 Å². The molecule has 2 N–H and O–H groups in total. The summed E-state index contributed by atoms with van der Waals surface area (Å²) in [6.07, 6.45) is -1.09. The minimum atomic E-state index is -1.88. The number of rotatable bonds is 5. The van der Waals surface area contributed by atoms with Gasteiger partial charge in [-0.1, -0.05) is 52.5 Å². The second-order valence-corrected chi connectivity index (χ2v) is 7.71. The molecule has 0 saturated carbocycles. The summed E-state index contributed by atoms with van der Waals surface area (Å²) in [5, 5.41) is 16.7. The van der Waals surface area contributed by atoms with Gasteiger partial charge in [-0.3, -0.25) is 14.9 Å². The highest BCUT2D eigenvalue weighted by atomic mass is 35.6. The highest BCUT2D eigenvalue weighted by Crippen LogP contribution is 2.31. The number of nitro benzene ring substituents is 1. The van der Waals surface area contributed by atoms with Crippen molar-refractivity contribution in [3.63, 3.8) is 0 Å². The quantitative estimate of drug-likeness (QED) is 0.314. The van der Waals surface area contributed by atoms with E-state index in [9.17, 15) is 14.9 Å². The highest BCUT2D eigenvalue weighted by Gasteiger charge is 2.34. The lowest BCUT2D eigenvalue weighted by Crippen LogP contribution is -2.49. The number of carbonyl (C=O) groups is 1. The third-order valence-corrected chi connectivity index (χ3v) is 3.98. The predicted molar refractivity (Wildman–Crippen MR) is 99.7 cm³/mol. The number of nitro groups is 1. The lowest BCUT2D eigenvalue weighted by molar-refractivity contribution is -0.384. The fourth-order valence-corrected chi connectivity index (χ4v) is 2.34. The minimum Gasteiger partial charge on any atom is -0.362 e. The maximum absolute atomic E-state index is 12.4. The number of amides is 1. The van der Waals surface area contributed by atoms with Crippen LogP contribution in [-0.2, 0) is 0 Å². The van der Waals surface area contributed by atoms with Gasteiger partial charge >= 0.3 is 0 Å². The first kappa shape index (κ1) is 19.6. The molecule has 0 bridgehead atoms. The van der Waals surface area contributed by atoms with E-state index < -0.39 is 20.8 Å². The number of carbonyl (C=O) groups excluding carboxylic acids is 1. The van der Waals surface area contributed by atoms with Gasteiger partial charge in [-0.2, -0.15) is 0 Å². The van der Waals surface area contributed by atoms with E-state index in [2.05, 4.69) is 10.6 Å². The molecule has 0 spiro atoms. The lowest BCUT2D eigenvalue weighted by atomic mass is 10.2. The van der Waals surface area contributed by atoms with E-state index in [1.807, 2.05) is 0 Å². The Hall–Kier alpha value is -1.73. The van der Waals surface area contributed by atoms with E-state index in [0.717, 1.165) is 6.07 Å². The molecule has 0 aliphatic rings. The summed E-state index contributed by atoms with van der Waals surface area (Å²) in [6.45, 7) is 0. The van der Waals surface area contributed by atoms with Crippen molar-refractivity contribution in [2.45, 2.75) is 9.96 Å². The molecule has 25 heavy (non-hydrogen) atoms. The Labute approximate surface area is 163 Å². The number of hydrogen-bond acceptors (Lipinski definition) is 4. The Bertz CT molecular complexity index is 778. The van der Waals surface area contributed by atoms with Crippen molar-refractivity contribution in [1.29, 1.82) is 0 Å². The molecule has 1 unspecified atom stereocenters. The van der Waals surface area contributed by atoms with Crippen molar-refractivity contribution in [3.05, 3.63) is 69.2 Å². The van der Waals surface area contributed by atoms with Crippen LogP contribution in [0, 0.1) is 10.1 Å². The smallest absolute Gasteiger partial charge is 0.270 e. The van der Waals surface area contributed by atoms with Gasteiger partial charge in [-0.15, -0.1) is 0 Å². The molecular weight excluding hydrogens is 412 g/mol. The summed E-state index contributed by atoms with van der Waals surface area (Å²) in [7, 11) is 0. The van der Waals surface area contributed by atoms with E-state index in [1.165, 1.54) is 18.2 Å². The Balaban J connectivity index is 2.19. The number of alkyl halides is 3. The first-order valence-electron chi connectivity index (χ1n) is 6.81. The van der Waals surface area contributed by atoms with Crippen LogP contribution < -0.4 is 10.6 Å². The SMILES string of the molecule is O=C(NC(Nc1ccc(Cl)cc1)C(Cl)(Cl)Cl)c1cccc([N+](=O)[O-])c1. The third kappa shape index (κ3) is 5.64. The van der Waals surface area contributed by atoms with Gasteiger partial charge in [-0.05, 0) is 30.3 Å². The summed E-state index contributed by atoms with van der Waals surface area (Å²) in [4.78, 5) is 22.6. The zero-order valence-corrected chi connectivity index (χ0v) is 15.4. The Kier molecular flexibility index (Phi) is 6.35. The molecule has 0 aliphatic carbocycles. The maximum atomic E-state index is 12.4. The Morgan fingerprint density at radius 3 is 2.32 bits per heavy atom. The molecule has 10 heteroatoms. The zero-order chi connectivity index (χ0) is 18.6. The lowest BCUT2D eigenvalue weighted by Gasteiger charge is -2.27. The van der Waals surface area contributed by atoms with Crippen LogP contribution in [0.1, 0.15) is 10.4 Å². The molecule has 0 radical (unpaired) electrons. The van der Waals surface area contributed by atoms with Gasteiger partial charge in [-0.25, -0.2) is 0 Å². The molecule has 1 atom stereocenters. The van der Waals surface area contributed by atoms with Crippen LogP contribution in [-0.4, -0.2) is 20.8 Å². The molecule has 2 aromatic rings. The van der Waals surface area contributed by atoms with E-state index in [4.69, 9.17) is 46.4 Å². The molecule has 2 rings (SSSR count). The van der Waals surface area contributed by atoms with Gasteiger partial charge in [0.1, 0.15) is 6.17 Å². The fourth-order valence-electron chi connectivity index (χ4n) is 1.89. The largest absolute Gasteiger partial charge is 0.362 e. The summed E-state index contributed by atoms with van der Waals surface area (Å²) >= 11 is 23.6. The van der Waals surface area contributed by atoms with Crippen molar-refractivity contribution in [2.75, 3.05) is 5.32 Å². The van der Waals surface area contributed by atoms with Gasteiger partial charge in [0.2, 0.25) is 3.79 Å². The van der Waals surface area contributed by atoms with Gasteiger partial charge in [0.25, 0.3) is 11.6 Å². The van der Waals surface area contributed by atoms with E-state index >= 15 is 0 Å². The highest BCUT2D eigenvalue weighted by molar-refractivity contribution is 6.68. The van der Waals surface area contributed by atoms with E-state index in [-0.39, 0.29) is 11.3 Å². The van der Waals surface area contributed by atoms with Crippen molar-refractivity contribution in [2.24, 2.45) is 0 Å². The normalized spacial score (nSPS) is 12.3. The van der Waals surface area contributed by atoms with Crippen molar-refractivity contribution in [3.8, 4) is 0 Å². The van der Waals surface area contributed by atoms with Gasteiger partial charge in [0, 0.05) is 28.4 Å². The number of nitrogens with one attached hydrogen (secondary N) is 2. The molecule has 1 amide bonds. The number of non-ortho nitro benzene ring substituents is 1. The average molecular weight is 423 g/mol. The number of benzene rings is 2. The standard InChI is InChI=1S/C15H11Cl4N3O3/c16-10-4-6-11(7-5-10)20-14(15(17,18)19)21-13(23)9-2-1-3-12(8-9)22(24)25/h1-8,14,20H,(H,21,23). The maximum Gasteiger partial charge on any atom is 0.270 e. The molecule has 0 fully saturated rings. The number of nitrogens with zero attached hydrogens (tertiary/aromatic N) is 1. The summed E-state index contributed by atoms with van der Waals surface area (Å²) in [5.41, 5.74) is 0.398. The van der Waals surface area contributed by atoms with Crippen LogP contribution in [0.15, 0.2) is 48.5 Å². The van der Waals surface area contributed by atoms with Crippen LogP contribution in [0.4, 0.5) is 11.4 Å². The molecular formula is C15H11Cl4N3O3. The van der Waals surface area contributed by atoms with Crippen LogP contribution in [0.25, 0.3) is 0 Å². The number of anilines is 1. The fraction of sp³-hybridized carbons (Fsp3) is 0.133. The van der Waals surface area contributed by atoms with Crippen LogP contribution >= 0.6 is 46.4 Å². The molecule has 132 valence electrons. The van der Waals surface area contributed by atoms with Gasteiger partial charge < -0.3 is 10.6 Å². The minimum absolute atomic E-state index is 0.0614. The number of halogens is 4. The number of hydrogen-bond donors (Lipinski definition) is 2. The van der Waals surface area contributed by atoms with E-state index in [1.54, 1.807) is 24.3 Å². The monoisotopic (exact) mass is 421 g/mol. The summed E-state index contributed by atoms with van der Waals surface area (Å²) < 4.78 is -1.88. The molecule has 0 aliphatic heterocycles. The van der Waals surface area contributed by atoms with Gasteiger partial charge in [0.05, 0.1) is 4.92 Å². The molecule has 6 nitrogen and oxygen atoms in total. The molecule has 2 aromatic carbocycles. The summed E-state index contributed by atoms with van der Waals surface area (Å²) in [5.74, 6) is -0.638. The second kappa shape index (κ2) is 8.10. The first-order valence-corrected chi connectivity index (χ1v) is 8.32. The summed E-state index contributed by atoms with van der Waals surface area (Å²) in [6, 6.07) is 11.8. The molecule has 0 aromatic heterocycles. The predicted octanol–water partition coefficient (Wildman–Crippen LogP) is 4.79. The topological polar surface area (TPSA) is 84.3 Å². The zero-order valence-electron chi connectivity index (χ0n) is 12.4. The average Bonchev–Trinajstić information content (AvgIpc) is 2.55. The second-order valence-electron chi connectivity index (χ2n) is 4.91. The van der Waals surface area contributed by atoms with Crippen molar-refractivity contribution in [1.82, 2.24) is 5.32 Å². The van der Waals surface area contributed by atoms with Crippen molar-refractivity contribution < 1.29 is 9.72 Å².